The van der Waals surface area contributed by atoms with Crippen LogP contribution in [-0.4, -0.2) is 24.0 Å². The number of H-pyrrole nitrogens is 1. The van der Waals surface area contributed by atoms with Crippen LogP contribution < -0.4 is 0 Å². The van der Waals surface area contributed by atoms with Gasteiger partial charge in [-0.05, 0) is 31.9 Å². The lowest BCUT2D eigenvalue weighted by Crippen LogP contribution is -2.52. The zero-order valence-electron chi connectivity index (χ0n) is 11.5. The second-order valence-electron chi connectivity index (χ2n) is 6.10. The van der Waals surface area contributed by atoms with Crippen molar-refractivity contribution >= 4 is 10.9 Å². The van der Waals surface area contributed by atoms with Gasteiger partial charge in [-0.3, -0.25) is 0 Å². The molecule has 2 aromatic rings. The maximum absolute atomic E-state index is 6.01. The molecule has 1 N–H and O–H groups in total. The molecular weight excluding hydrogens is 238 g/mol. The van der Waals surface area contributed by atoms with E-state index in [-0.39, 0.29) is 5.41 Å². The standard InChI is InChI=1S/C16H19NO2/c1-15(2)14-12(7-8-16(15)18-9-10-19-16)11-5-3-4-6-13(11)17-14/h3-6,17H,7-10H2,1-2H3. The quantitative estimate of drug-likeness (QED) is 0.786. The fraction of sp³-hybridized carbons (Fsp3) is 0.500. The van der Waals surface area contributed by atoms with Crippen molar-refractivity contribution in [1.82, 2.24) is 4.98 Å². The van der Waals surface area contributed by atoms with E-state index in [1.165, 1.54) is 22.2 Å². The van der Waals surface area contributed by atoms with Gasteiger partial charge in [0.15, 0.2) is 5.79 Å². The predicted octanol–water partition coefficient (Wildman–Crippen LogP) is 3.13. The molecule has 0 saturated carbocycles. The Kier molecular flexibility index (Phi) is 2.19. The van der Waals surface area contributed by atoms with Crippen LogP contribution in [0.15, 0.2) is 24.3 Å². The molecule has 0 atom stereocenters. The number of rotatable bonds is 0. The van der Waals surface area contributed by atoms with Crippen molar-refractivity contribution in [3.05, 3.63) is 35.5 Å². The Morgan fingerprint density at radius 1 is 1.11 bits per heavy atom. The summed E-state index contributed by atoms with van der Waals surface area (Å²) < 4.78 is 12.0. The number of aromatic nitrogens is 1. The molecule has 0 bridgehead atoms. The zero-order valence-corrected chi connectivity index (χ0v) is 11.5. The topological polar surface area (TPSA) is 34.2 Å². The minimum Gasteiger partial charge on any atom is -0.358 e. The van der Waals surface area contributed by atoms with E-state index in [0.29, 0.717) is 13.2 Å². The third kappa shape index (κ3) is 1.35. The molecule has 0 amide bonds. The Bertz CT molecular complexity index is 635. The summed E-state index contributed by atoms with van der Waals surface area (Å²) in [6.07, 6.45) is 1.96. The number of fused-ring (bicyclic) bond motifs is 3. The smallest absolute Gasteiger partial charge is 0.179 e. The first kappa shape index (κ1) is 11.5. The number of para-hydroxylation sites is 1. The van der Waals surface area contributed by atoms with Crippen LogP contribution in [0.1, 0.15) is 31.5 Å². The molecule has 3 nitrogen and oxygen atoms in total. The van der Waals surface area contributed by atoms with Crippen LogP contribution in [0.2, 0.25) is 0 Å². The molecule has 1 saturated heterocycles. The maximum Gasteiger partial charge on any atom is 0.179 e. The first-order chi connectivity index (χ1) is 9.14. The average Bonchev–Trinajstić information content (AvgIpc) is 3.01. The Labute approximate surface area is 112 Å². The lowest BCUT2D eigenvalue weighted by molar-refractivity contribution is -0.209. The Morgan fingerprint density at radius 2 is 1.84 bits per heavy atom. The largest absolute Gasteiger partial charge is 0.358 e. The van der Waals surface area contributed by atoms with E-state index >= 15 is 0 Å². The lowest BCUT2D eigenvalue weighted by Gasteiger charge is -2.45. The van der Waals surface area contributed by atoms with Crippen LogP contribution in [0.3, 0.4) is 0 Å². The zero-order chi connectivity index (χ0) is 13.1. The summed E-state index contributed by atoms with van der Waals surface area (Å²) in [7, 11) is 0. The van der Waals surface area contributed by atoms with Crippen LogP contribution in [-0.2, 0) is 21.3 Å². The van der Waals surface area contributed by atoms with Gasteiger partial charge in [0.25, 0.3) is 0 Å². The number of benzene rings is 1. The summed E-state index contributed by atoms with van der Waals surface area (Å²) in [5.74, 6) is -0.444. The van der Waals surface area contributed by atoms with Gasteiger partial charge in [-0.15, -0.1) is 0 Å². The van der Waals surface area contributed by atoms with Crippen molar-refractivity contribution in [1.29, 1.82) is 0 Å². The van der Waals surface area contributed by atoms with Gasteiger partial charge in [0, 0.05) is 23.0 Å². The number of hydrogen-bond donors (Lipinski definition) is 1. The van der Waals surface area contributed by atoms with E-state index in [4.69, 9.17) is 9.47 Å². The minimum absolute atomic E-state index is 0.143. The molecule has 1 aliphatic carbocycles. The molecule has 3 heteroatoms. The van der Waals surface area contributed by atoms with Crippen molar-refractivity contribution in [2.75, 3.05) is 13.2 Å². The highest BCUT2D eigenvalue weighted by Crippen LogP contribution is 2.49. The number of ether oxygens (including phenoxy) is 2. The van der Waals surface area contributed by atoms with E-state index < -0.39 is 5.79 Å². The fourth-order valence-corrected chi connectivity index (χ4v) is 3.75. The normalized spacial score (nSPS) is 23.9. The molecule has 19 heavy (non-hydrogen) atoms. The van der Waals surface area contributed by atoms with Crippen LogP contribution >= 0.6 is 0 Å². The molecule has 1 fully saturated rings. The van der Waals surface area contributed by atoms with Crippen LogP contribution in [0, 0.1) is 0 Å². The molecule has 0 radical (unpaired) electrons. The van der Waals surface area contributed by atoms with Gasteiger partial charge in [0.1, 0.15) is 0 Å². The van der Waals surface area contributed by atoms with Crippen molar-refractivity contribution in [3.63, 3.8) is 0 Å². The summed E-state index contributed by atoms with van der Waals surface area (Å²) in [4.78, 5) is 3.60. The Morgan fingerprint density at radius 3 is 2.63 bits per heavy atom. The predicted molar refractivity (Wildman–Crippen MR) is 74.3 cm³/mol. The summed E-state index contributed by atoms with van der Waals surface area (Å²) >= 11 is 0. The Balaban J connectivity index is 1.95. The van der Waals surface area contributed by atoms with Gasteiger partial charge in [0.05, 0.1) is 18.6 Å². The van der Waals surface area contributed by atoms with Gasteiger partial charge < -0.3 is 14.5 Å². The maximum atomic E-state index is 6.01. The molecule has 100 valence electrons. The van der Waals surface area contributed by atoms with Gasteiger partial charge in [-0.1, -0.05) is 18.2 Å². The van der Waals surface area contributed by atoms with Gasteiger partial charge >= 0.3 is 0 Å². The van der Waals surface area contributed by atoms with Gasteiger partial charge in [0.2, 0.25) is 0 Å². The molecule has 1 aromatic carbocycles. The van der Waals surface area contributed by atoms with Crippen molar-refractivity contribution < 1.29 is 9.47 Å². The van der Waals surface area contributed by atoms with Crippen molar-refractivity contribution in [2.45, 2.75) is 37.9 Å². The van der Waals surface area contributed by atoms with E-state index in [1.807, 2.05) is 0 Å². The molecule has 2 heterocycles. The van der Waals surface area contributed by atoms with E-state index in [9.17, 15) is 0 Å². The average molecular weight is 257 g/mol. The van der Waals surface area contributed by atoms with Crippen molar-refractivity contribution in [2.24, 2.45) is 0 Å². The molecule has 0 unspecified atom stereocenters. The monoisotopic (exact) mass is 257 g/mol. The van der Waals surface area contributed by atoms with Gasteiger partial charge in [-0.25, -0.2) is 0 Å². The van der Waals surface area contributed by atoms with Crippen molar-refractivity contribution in [3.8, 4) is 0 Å². The molecular formula is C16H19NO2. The SMILES string of the molecule is CC1(C)c2[nH]c3ccccc3c2CCC12OCCO2. The third-order valence-electron chi connectivity index (χ3n) is 4.85. The number of aryl methyl sites for hydroxylation is 1. The number of nitrogens with one attached hydrogen (secondary N) is 1. The molecule has 4 rings (SSSR count). The van der Waals surface area contributed by atoms with Gasteiger partial charge in [-0.2, -0.15) is 0 Å². The third-order valence-corrected chi connectivity index (χ3v) is 4.85. The number of hydrogen-bond acceptors (Lipinski definition) is 2. The van der Waals surface area contributed by atoms with E-state index in [1.54, 1.807) is 0 Å². The first-order valence-electron chi connectivity index (χ1n) is 7.02. The number of aromatic amines is 1. The molecule has 2 aliphatic rings. The summed E-state index contributed by atoms with van der Waals surface area (Å²) in [6, 6.07) is 8.54. The lowest BCUT2D eigenvalue weighted by atomic mass is 9.71. The van der Waals surface area contributed by atoms with Crippen LogP contribution in [0.4, 0.5) is 0 Å². The van der Waals surface area contributed by atoms with Crippen LogP contribution in [0.5, 0.6) is 0 Å². The van der Waals surface area contributed by atoms with E-state index in [2.05, 4.69) is 43.1 Å². The molecule has 1 aromatic heterocycles. The van der Waals surface area contributed by atoms with E-state index in [0.717, 1.165) is 12.8 Å². The van der Waals surface area contributed by atoms with Crippen LogP contribution in [0.25, 0.3) is 10.9 Å². The highest BCUT2D eigenvalue weighted by molar-refractivity contribution is 5.85. The minimum atomic E-state index is -0.444. The summed E-state index contributed by atoms with van der Waals surface area (Å²) in [5.41, 5.74) is 3.79. The Hall–Kier alpha value is -1.32. The molecule has 1 aliphatic heterocycles. The second-order valence-corrected chi connectivity index (χ2v) is 6.10. The fourth-order valence-electron chi connectivity index (χ4n) is 3.75. The summed E-state index contributed by atoms with van der Waals surface area (Å²) in [6.45, 7) is 5.87. The highest BCUT2D eigenvalue weighted by Gasteiger charge is 2.54. The molecule has 1 spiro atoms. The second kappa shape index (κ2) is 3.62. The summed E-state index contributed by atoms with van der Waals surface area (Å²) in [5, 5.41) is 1.35. The first-order valence-corrected chi connectivity index (χ1v) is 7.02. The highest BCUT2D eigenvalue weighted by atomic mass is 16.7.